The maximum absolute atomic E-state index is 13.9. The summed E-state index contributed by atoms with van der Waals surface area (Å²) in [5.41, 5.74) is 3.39. The highest BCUT2D eigenvalue weighted by molar-refractivity contribution is 7.07. The third kappa shape index (κ3) is 5.84. The molecule has 1 atom stereocenters. The van der Waals surface area contributed by atoms with Crippen LogP contribution in [0.5, 0.6) is 11.5 Å². The summed E-state index contributed by atoms with van der Waals surface area (Å²) in [7, 11) is 0. The van der Waals surface area contributed by atoms with Gasteiger partial charge >= 0.3 is 5.97 Å². The van der Waals surface area contributed by atoms with Crippen LogP contribution in [0.1, 0.15) is 58.7 Å². The van der Waals surface area contributed by atoms with Crippen LogP contribution in [0.25, 0.3) is 6.08 Å². The molecule has 1 aliphatic heterocycles. The van der Waals surface area contributed by atoms with E-state index in [0.29, 0.717) is 50.9 Å². The van der Waals surface area contributed by atoms with E-state index in [-0.39, 0.29) is 12.2 Å². The van der Waals surface area contributed by atoms with Gasteiger partial charge in [0.1, 0.15) is 0 Å². The van der Waals surface area contributed by atoms with Crippen molar-refractivity contribution in [1.82, 2.24) is 4.57 Å². The van der Waals surface area contributed by atoms with E-state index >= 15 is 0 Å². The number of nitrogens with zero attached hydrogens (tertiary/aromatic N) is 3. The summed E-state index contributed by atoms with van der Waals surface area (Å²) in [4.78, 5) is 34.6. The van der Waals surface area contributed by atoms with Crippen LogP contribution >= 0.6 is 11.3 Å². The fraction of sp³-hybridized carbons (Fsp3) is 0.387. The van der Waals surface area contributed by atoms with Crippen LogP contribution in [-0.4, -0.2) is 43.4 Å². The lowest BCUT2D eigenvalue weighted by atomic mass is 9.95. The first-order chi connectivity index (χ1) is 19.4. The average Bonchev–Trinajstić information content (AvgIpc) is 3.24. The first-order valence-electron chi connectivity index (χ1n) is 13.8. The summed E-state index contributed by atoms with van der Waals surface area (Å²) < 4.78 is 19.1. The second-order valence-electron chi connectivity index (χ2n) is 9.14. The Hall–Kier alpha value is -3.85. The fourth-order valence-corrected chi connectivity index (χ4v) is 5.91. The Bertz CT molecular complexity index is 1570. The third-order valence-electron chi connectivity index (χ3n) is 6.72. The molecule has 3 aromatic rings. The number of carbonyl (C=O) groups excluding carboxylic acids is 1. The Balaban J connectivity index is 1.88. The monoisotopic (exact) mass is 563 g/mol. The number of rotatable bonds is 11. The number of carbonyl (C=O) groups is 1. The predicted molar refractivity (Wildman–Crippen MR) is 159 cm³/mol. The minimum absolute atomic E-state index is 0.212. The lowest BCUT2D eigenvalue weighted by Crippen LogP contribution is -2.40. The van der Waals surface area contributed by atoms with Crippen LogP contribution in [0, 0.1) is 0 Å². The smallest absolute Gasteiger partial charge is 0.338 e. The molecule has 0 aliphatic carbocycles. The van der Waals surface area contributed by atoms with E-state index in [2.05, 4.69) is 35.9 Å². The van der Waals surface area contributed by atoms with E-state index in [1.54, 1.807) is 18.4 Å². The van der Waals surface area contributed by atoms with Crippen molar-refractivity contribution < 1.29 is 19.0 Å². The molecule has 40 heavy (non-hydrogen) atoms. The van der Waals surface area contributed by atoms with E-state index in [9.17, 15) is 9.59 Å². The van der Waals surface area contributed by atoms with Gasteiger partial charge in [-0.2, -0.15) is 0 Å². The normalized spacial score (nSPS) is 14.9. The van der Waals surface area contributed by atoms with Crippen molar-refractivity contribution in [3.8, 4) is 11.5 Å². The topological polar surface area (TPSA) is 82.4 Å². The van der Waals surface area contributed by atoms with E-state index in [4.69, 9.17) is 14.2 Å². The van der Waals surface area contributed by atoms with E-state index in [1.165, 1.54) is 11.3 Å². The Morgan fingerprint density at radius 3 is 2.27 bits per heavy atom. The summed E-state index contributed by atoms with van der Waals surface area (Å²) in [6.45, 7) is 14.6. The van der Waals surface area contributed by atoms with E-state index < -0.39 is 12.0 Å². The molecule has 0 saturated heterocycles. The molecule has 0 saturated carbocycles. The quantitative estimate of drug-likeness (QED) is 0.321. The number of aromatic nitrogens is 1. The van der Waals surface area contributed by atoms with E-state index in [1.807, 2.05) is 50.3 Å². The van der Waals surface area contributed by atoms with Gasteiger partial charge in [0.2, 0.25) is 0 Å². The van der Waals surface area contributed by atoms with Crippen LogP contribution < -0.4 is 29.3 Å². The molecule has 2 aromatic carbocycles. The number of allylic oxidation sites excluding steroid dienone is 1. The second kappa shape index (κ2) is 13.0. The third-order valence-corrected chi connectivity index (χ3v) is 7.70. The minimum Gasteiger partial charge on any atom is -0.490 e. The molecule has 0 fully saturated rings. The molecule has 1 aromatic heterocycles. The van der Waals surface area contributed by atoms with Gasteiger partial charge < -0.3 is 19.1 Å². The van der Waals surface area contributed by atoms with Gasteiger partial charge in [0.15, 0.2) is 16.3 Å². The van der Waals surface area contributed by atoms with Crippen LogP contribution in [-0.2, 0) is 9.53 Å². The van der Waals surface area contributed by atoms with Gasteiger partial charge in [0.25, 0.3) is 5.56 Å². The predicted octanol–water partition coefficient (Wildman–Crippen LogP) is 4.44. The SMILES string of the molecule is CCOC(=O)C1=C(C)N=c2s/c(=C\c3ccc(N(CC)CC)cc3)c(=O)n2C1c1ccc(OCC)c(OCC)c1. The molecule has 0 N–H and O–H groups in total. The first-order valence-corrected chi connectivity index (χ1v) is 14.6. The van der Waals surface area contributed by atoms with Gasteiger partial charge in [-0.05, 0) is 83.0 Å². The van der Waals surface area contributed by atoms with Crippen molar-refractivity contribution in [2.24, 2.45) is 4.99 Å². The van der Waals surface area contributed by atoms with Gasteiger partial charge in [0.05, 0.1) is 41.7 Å². The van der Waals surface area contributed by atoms with Crippen molar-refractivity contribution in [3.05, 3.63) is 84.5 Å². The molecule has 0 amide bonds. The maximum Gasteiger partial charge on any atom is 0.338 e. The zero-order valence-corrected chi connectivity index (χ0v) is 24.8. The van der Waals surface area contributed by atoms with Gasteiger partial charge in [0, 0.05) is 18.8 Å². The number of benzene rings is 2. The van der Waals surface area contributed by atoms with Crippen molar-refractivity contribution in [3.63, 3.8) is 0 Å². The number of thiazole rings is 1. The van der Waals surface area contributed by atoms with Crippen molar-refractivity contribution in [2.75, 3.05) is 37.8 Å². The molecule has 8 nitrogen and oxygen atoms in total. The van der Waals surface area contributed by atoms with E-state index in [0.717, 1.165) is 24.3 Å². The van der Waals surface area contributed by atoms with Crippen molar-refractivity contribution in [2.45, 2.75) is 47.6 Å². The second-order valence-corrected chi connectivity index (χ2v) is 10.1. The molecule has 9 heteroatoms. The highest BCUT2D eigenvalue weighted by Crippen LogP contribution is 2.36. The number of hydrogen-bond donors (Lipinski definition) is 0. The molecule has 0 bridgehead atoms. The van der Waals surface area contributed by atoms with Crippen LogP contribution in [0.2, 0.25) is 0 Å². The van der Waals surface area contributed by atoms with Crippen LogP contribution in [0.4, 0.5) is 5.69 Å². The lowest BCUT2D eigenvalue weighted by Gasteiger charge is -2.25. The van der Waals surface area contributed by atoms with Gasteiger partial charge in [-0.25, -0.2) is 9.79 Å². The zero-order chi connectivity index (χ0) is 28.8. The molecule has 2 heterocycles. The van der Waals surface area contributed by atoms with Crippen LogP contribution in [0.15, 0.2) is 63.5 Å². The highest BCUT2D eigenvalue weighted by atomic mass is 32.1. The first kappa shape index (κ1) is 29.1. The highest BCUT2D eigenvalue weighted by Gasteiger charge is 2.34. The zero-order valence-electron chi connectivity index (χ0n) is 24.0. The lowest BCUT2D eigenvalue weighted by molar-refractivity contribution is -0.139. The minimum atomic E-state index is -0.725. The van der Waals surface area contributed by atoms with Crippen molar-refractivity contribution >= 4 is 29.1 Å². The molecule has 0 spiro atoms. The molecular weight excluding hydrogens is 526 g/mol. The standard InChI is InChI=1S/C31H37N3O5S/c1-7-33(8-2)23-15-12-21(13-16-23)18-26-29(35)34-28(22-14-17-24(37-9-3)25(19-22)38-10-4)27(30(36)39-11-5)20(6)32-31(34)40-26/h12-19,28H,7-11H2,1-6H3/b26-18-. The Morgan fingerprint density at radius 2 is 1.65 bits per heavy atom. The summed E-state index contributed by atoms with van der Waals surface area (Å²) >= 11 is 1.31. The molecule has 4 rings (SSSR count). The molecular formula is C31H37N3O5S. The summed E-state index contributed by atoms with van der Waals surface area (Å²) in [5, 5.41) is 0. The number of hydrogen-bond acceptors (Lipinski definition) is 8. The largest absolute Gasteiger partial charge is 0.490 e. The summed E-state index contributed by atoms with van der Waals surface area (Å²) in [5.74, 6) is 0.657. The van der Waals surface area contributed by atoms with Crippen LogP contribution in [0.3, 0.4) is 0 Å². The Kier molecular flexibility index (Phi) is 9.47. The van der Waals surface area contributed by atoms with Gasteiger partial charge in [-0.15, -0.1) is 0 Å². The Morgan fingerprint density at radius 1 is 0.975 bits per heavy atom. The number of fused-ring (bicyclic) bond motifs is 1. The molecule has 0 radical (unpaired) electrons. The van der Waals surface area contributed by atoms with Gasteiger partial charge in [-0.3, -0.25) is 9.36 Å². The summed E-state index contributed by atoms with van der Waals surface area (Å²) in [6, 6.07) is 12.9. The molecule has 1 unspecified atom stereocenters. The number of esters is 1. The molecule has 212 valence electrons. The average molecular weight is 564 g/mol. The number of ether oxygens (including phenoxy) is 3. The number of anilines is 1. The van der Waals surface area contributed by atoms with Crippen molar-refractivity contribution in [1.29, 1.82) is 0 Å². The van der Waals surface area contributed by atoms with Gasteiger partial charge in [-0.1, -0.05) is 29.5 Å². The Labute approximate surface area is 238 Å². The maximum atomic E-state index is 13.9. The summed E-state index contributed by atoms with van der Waals surface area (Å²) in [6.07, 6.45) is 1.88. The fourth-order valence-electron chi connectivity index (χ4n) is 4.87. The molecule has 1 aliphatic rings.